The maximum Gasteiger partial charge on any atom is 0.0555 e. The summed E-state index contributed by atoms with van der Waals surface area (Å²) in [6.45, 7) is 0. The largest absolute Gasteiger partial charge is 0.309 e. The molecule has 0 aliphatic heterocycles. The van der Waals surface area contributed by atoms with Gasteiger partial charge in [-0.15, -0.1) is 11.3 Å². The second kappa shape index (κ2) is 13.0. The second-order valence-corrected chi connectivity index (χ2v) is 13.6. The number of anilines is 3. The van der Waals surface area contributed by atoms with Crippen LogP contribution < -0.4 is 4.90 Å². The monoisotopic (exact) mass is 655 g/mol. The van der Waals surface area contributed by atoms with Crippen LogP contribution >= 0.6 is 11.3 Å². The number of nitrogens with zero attached hydrogens (tertiary/aromatic N) is 1. The maximum atomic E-state index is 2.48. The van der Waals surface area contributed by atoms with Gasteiger partial charge in [0.15, 0.2) is 0 Å². The Labute approximate surface area is 297 Å². The number of hydrogen-bond acceptors (Lipinski definition) is 2. The summed E-state index contributed by atoms with van der Waals surface area (Å²) < 4.78 is 2.57. The van der Waals surface area contributed by atoms with Gasteiger partial charge in [-0.25, -0.2) is 0 Å². The Bertz CT molecular complexity index is 2600. The number of hydrogen-bond donors (Lipinski definition) is 0. The van der Waals surface area contributed by atoms with Gasteiger partial charge in [0.1, 0.15) is 0 Å². The van der Waals surface area contributed by atoms with Crippen molar-refractivity contribution in [3.8, 4) is 44.5 Å². The van der Waals surface area contributed by atoms with E-state index in [1.165, 1.54) is 64.7 Å². The second-order valence-electron chi connectivity index (χ2n) is 12.5. The van der Waals surface area contributed by atoms with Crippen LogP contribution in [0.25, 0.3) is 64.7 Å². The van der Waals surface area contributed by atoms with Crippen LogP contribution in [0.3, 0.4) is 0 Å². The SMILES string of the molecule is c1ccc(-c2ccccc2-c2cccc(N(c3ccccc3-c3ccccc3-c3ccccc3)c3cccc4sc5ccccc5c34)c2)cc1. The molecule has 9 rings (SSSR count). The summed E-state index contributed by atoms with van der Waals surface area (Å²) in [7, 11) is 0. The lowest BCUT2D eigenvalue weighted by molar-refractivity contribution is 1.30. The van der Waals surface area contributed by atoms with Crippen LogP contribution in [0.4, 0.5) is 17.1 Å². The zero-order chi connectivity index (χ0) is 33.3. The summed E-state index contributed by atoms with van der Waals surface area (Å²) in [5.41, 5.74) is 13.0. The smallest absolute Gasteiger partial charge is 0.0555 e. The van der Waals surface area contributed by atoms with E-state index in [0.29, 0.717) is 0 Å². The third kappa shape index (κ3) is 5.37. The molecular formula is C48H33NS. The van der Waals surface area contributed by atoms with E-state index in [2.05, 4.69) is 205 Å². The van der Waals surface area contributed by atoms with E-state index >= 15 is 0 Å². The molecule has 0 bridgehead atoms. The van der Waals surface area contributed by atoms with Crippen molar-refractivity contribution in [3.63, 3.8) is 0 Å². The van der Waals surface area contributed by atoms with Gasteiger partial charge in [-0.1, -0.05) is 164 Å². The zero-order valence-electron chi connectivity index (χ0n) is 27.4. The highest BCUT2D eigenvalue weighted by molar-refractivity contribution is 7.26. The van der Waals surface area contributed by atoms with Crippen molar-refractivity contribution in [3.05, 3.63) is 200 Å². The molecule has 1 heterocycles. The number of rotatable bonds is 7. The molecule has 0 radical (unpaired) electrons. The quantitative estimate of drug-likeness (QED) is 0.165. The first kappa shape index (κ1) is 29.9. The lowest BCUT2D eigenvalue weighted by Gasteiger charge is -2.29. The molecular weight excluding hydrogens is 623 g/mol. The van der Waals surface area contributed by atoms with Gasteiger partial charge in [-0.2, -0.15) is 0 Å². The third-order valence-electron chi connectivity index (χ3n) is 9.50. The van der Waals surface area contributed by atoms with Crippen molar-refractivity contribution in [1.82, 2.24) is 0 Å². The molecule has 50 heavy (non-hydrogen) atoms. The average molecular weight is 656 g/mol. The molecule has 0 aliphatic rings. The highest BCUT2D eigenvalue weighted by Crippen LogP contribution is 2.49. The molecule has 0 saturated carbocycles. The molecule has 0 amide bonds. The topological polar surface area (TPSA) is 3.24 Å². The molecule has 0 unspecified atom stereocenters. The molecule has 8 aromatic carbocycles. The minimum atomic E-state index is 1.11. The molecule has 236 valence electrons. The van der Waals surface area contributed by atoms with Gasteiger partial charge < -0.3 is 4.90 Å². The Hall–Kier alpha value is -6.22. The standard InChI is InChI=1S/C48H33NS/c1-3-17-34(18-4-1)38-23-7-8-25-40(38)36-21-15-22-37(33-36)49(45-30-16-32-47-48(45)43-28-12-14-31-46(43)50-47)44-29-13-11-27-42(44)41-26-10-9-24-39(41)35-19-5-2-6-20-35/h1-33H. The zero-order valence-corrected chi connectivity index (χ0v) is 28.2. The van der Waals surface area contributed by atoms with E-state index in [4.69, 9.17) is 0 Å². The van der Waals surface area contributed by atoms with Crippen molar-refractivity contribution in [2.75, 3.05) is 4.90 Å². The van der Waals surface area contributed by atoms with Crippen LogP contribution in [0, 0.1) is 0 Å². The summed E-state index contributed by atoms with van der Waals surface area (Å²) >= 11 is 1.86. The lowest BCUT2D eigenvalue weighted by Crippen LogP contribution is -2.12. The molecule has 9 aromatic rings. The summed E-state index contributed by atoms with van der Waals surface area (Å²) in [5.74, 6) is 0. The van der Waals surface area contributed by atoms with E-state index in [1.807, 2.05) is 11.3 Å². The first-order valence-corrected chi connectivity index (χ1v) is 17.8. The van der Waals surface area contributed by atoms with Gasteiger partial charge in [0, 0.05) is 31.4 Å². The van der Waals surface area contributed by atoms with Crippen LogP contribution in [-0.4, -0.2) is 0 Å². The molecule has 0 atom stereocenters. The van der Waals surface area contributed by atoms with E-state index in [1.54, 1.807) is 0 Å². The van der Waals surface area contributed by atoms with Gasteiger partial charge in [-0.3, -0.25) is 0 Å². The Balaban J connectivity index is 1.31. The normalized spacial score (nSPS) is 11.2. The Morgan fingerprint density at radius 3 is 1.52 bits per heavy atom. The number of fused-ring (bicyclic) bond motifs is 3. The summed E-state index contributed by atoms with van der Waals surface area (Å²) in [4.78, 5) is 2.48. The van der Waals surface area contributed by atoms with Crippen LogP contribution in [0.5, 0.6) is 0 Å². The third-order valence-corrected chi connectivity index (χ3v) is 10.6. The molecule has 2 heteroatoms. The van der Waals surface area contributed by atoms with Crippen LogP contribution in [0.2, 0.25) is 0 Å². The fourth-order valence-corrected chi connectivity index (χ4v) is 8.38. The van der Waals surface area contributed by atoms with Gasteiger partial charge in [0.25, 0.3) is 0 Å². The number of para-hydroxylation sites is 1. The van der Waals surface area contributed by atoms with Crippen molar-refractivity contribution in [1.29, 1.82) is 0 Å². The van der Waals surface area contributed by atoms with Crippen LogP contribution in [-0.2, 0) is 0 Å². The van der Waals surface area contributed by atoms with Crippen molar-refractivity contribution in [2.45, 2.75) is 0 Å². The minimum Gasteiger partial charge on any atom is -0.309 e. The Kier molecular flexibility index (Phi) is 7.77. The molecule has 0 aliphatic carbocycles. The van der Waals surface area contributed by atoms with Gasteiger partial charge in [0.2, 0.25) is 0 Å². The summed E-state index contributed by atoms with van der Waals surface area (Å²) in [6.07, 6.45) is 0. The first-order valence-electron chi connectivity index (χ1n) is 17.0. The number of thiophene rings is 1. The van der Waals surface area contributed by atoms with E-state index in [-0.39, 0.29) is 0 Å². The Morgan fingerprint density at radius 1 is 0.320 bits per heavy atom. The first-order chi connectivity index (χ1) is 24.8. The molecule has 1 nitrogen and oxygen atoms in total. The molecule has 0 N–H and O–H groups in total. The molecule has 0 saturated heterocycles. The highest BCUT2D eigenvalue weighted by atomic mass is 32.1. The summed E-state index contributed by atoms with van der Waals surface area (Å²) in [5, 5.41) is 2.55. The fourth-order valence-electron chi connectivity index (χ4n) is 7.25. The summed E-state index contributed by atoms with van der Waals surface area (Å²) in [6, 6.07) is 72.3. The van der Waals surface area contributed by atoms with E-state index < -0.39 is 0 Å². The van der Waals surface area contributed by atoms with E-state index in [0.717, 1.165) is 17.1 Å². The fraction of sp³-hybridized carbons (Fsp3) is 0. The van der Waals surface area contributed by atoms with Crippen LogP contribution in [0.1, 0.15) is 0 Å². The van der Waals surface area contributed by atoms with Crippen LogP contribution in [0.15, 0.2) is 200 Å². The maximum absolute atomic E-state index is 2.48. The minimum absolute atomic E-state index is 1.11. The molecule has 1 aromatic heterocycles. The average Bonchev–Trinajstić information content (AvgIpc) is 3.59. The lowest BCUT2D eigenvalue weighted by atomic mass is 9.92. The van der Waals surface area contributed by atoms with E-state index in [9.17, 15) is 0 Å². The molecule has 0 fully saturated rings. The highest BCUT2D eigenvalue weighted by Gasteiger charge is 2.23. The molecule has 0 spiro atoms. The Morgan fingerprint density at radius 2 is 0.800 bits per heavy atom. The van der Waals surface area contributed by atoms with Gasteiger partial charge >= 0.3 is 0 Å². The van der Waals surface area contributed by atoms with Gasteiger partial charge in [-0.05, 0) is 75.3 Å². The predicted octanol–water partition coefficient (Wildman–Crippen LogP) is 14.2. The van der Waals surface area contributed by atoms with Crippen molar-refractivity contribution < 1.29 is 0 Å². The van der Waals surface area contributed by atoms with Crippen molar-refractivity contribution >= 4 is 48.6 Å². The van der Waals surface area contributed by atoms with Gasteiger partial charge in [0.05, 0.1) is 11.4 Å². The number of benzene rings is 8. The van der Waals surface area contributed by atoms with Crippen molar-refractivity contribution in [2.24, 2.45) is 0 Å². The predicted molar refractivity (Wildman–Crippen MR) is 216 cm³/mol.